The summed E-state index contributed by atoms with van der Waals surface area (Å²) in [7, 11) is -4.48. The number of carboxylic acids is 1. The molecule has 1 aliphatic rings. The summed E-state index contributed by atoms with van der Waals surface area (Å²) < 4.78 is 11.4. The van der Waals surface area contributed by atoms with E-state index in [1.165, 1.54) is 0 Å². The van der Waals surface area contributed by atoms with Crippen LogP contribution in [0.25, 0.3) is 0 Å². The quantitative estimate of drug-likeness (QED) is 0.291. The van der Waals surface area contributed by atoms with Crippen molar-refractivity contribution in [2.45, 2.75) is 0 Å². The van der Waals surface area contributed by atoms with Gasteiger partial charge in [0.15, 0.2) is 0 Å². The van der Waals surface area contributed by atoms with Crippen molar-refractivity contribution in [3.8, 4) is 0 Å². The van der Waals surface area contributed by atoms with Gasteiger partial charge in [-0.05, 0) is 0 Å². The van der Waals surface area contributed by atoms with E-state index >= 15 is 0 Å². The van der Waals surface area contributed by atoms with Crippen molar-refractivity contribution in [1.82, 2.24) is 9.57 Å². The molecule has 0 radical (unpaired) electrons. The van der Waals surface area contributed by atoms with E-state index in [2.05, 4.69) is 0 Å². The molecular formula is C5H18N3Na2O8P. The molecule has 11 nitrogen and oxygen atoms in total. The van der Waals surface area contributed by atoms with Crippen LogP contribution in [0.3, 0.4) is 0 Å². The summed E-state index contributed by atoms with van der Waals surface area (Å²) in [6, 6.07) is 0. The molecular weight excluding hydrogens is 307 g/mol. The van der Waals surface area contributed by atoms with Gasteiger partial charge in [-0.15, -0.1) is 0 Å². The van der Waals surface area contributed by atoms with E-state index in [0.717, 1.165) is 4.90 Å². The van der Waals surface area contributed by atoms with Gasteiger partial charge in [-0.2, -0.15) is 0 Å². The third kappa shape index (κ3) is 9.34. The van der Waals surface area contributed by atoms with Gasteiger partial charge in [-0.3, -0.25) is 10.2 Å². The maximum atomic E-state index is 10.8. The zero-order valence-corrected chi connectivity index (χ0v) is 9.52. The van der Waals surface area contributed by atoms with E-state index in [-0.39, 0.29) is 88.6 Å². The molecule has 0 bridgehead atoms. The Hall–Kier alpha value is 0.770. The number of hydrogen-bond acceptors (Lipinski definition) is 3. The molecule has 1 heterocycles. The second kappa shape index (κ2) is 12.5. The number of hydrogen-bond donors (Lipinski definition) is 4. The molecule has 108 valence electrons. The first-order valence-electron chi connectivity index (χ1n) is 3.71. The zero-order valence-electron chi connectivity index (χ0n) is 8.62. The van der Waals surface area contributed by atoms with Gasteiger partial charge in [-0.25, -0.2) is 9.24 Å². The average Bonchev–Trinajstić information content (AvgIpc) is 2.30. The number of nitrogens with zero attached hydrogens (tertiary/aromatic N) is 2. The molecule has 0 aromatic heterocycles. The van der Waals surface area contributed by atoms with Gasteiger partial charge in [0.25, 0.3) is 0 Å². The Balaban J connectivity index is -0.000000131. The third-order valence-electron chi connectivity index (χ3n) is 1.77. The number of nitrogens with one attached hydrogen (secondary N) is 1. The first-order chi connectivity index (χ1) is 6.32. The van der Waals surface area contributed by atoms with Crippen LogP contribution in [0.4, 0.5) is 0 Å². The van der Waals surface area contributed by atoms with Crippen LogP contribution >= 0.6 is 7.75 Å². The van der Waals surface area contributed by atoms with Gasteiger partial charge >= 0.3 is 72.8 Å². The molecule has 0 spiro atoms. The van der Waals surface area contributed by atoms with E-state index < -0.39 is 26.2 Å². The van der Waals surface area contributed by atoms with Crippen LogP contribution < -0.4 is 0 Å². The minimum atomic E-state index is -4.48. The molecule has 10 N–H and O–H groups in total. The fraction of sp³-hybridized carbons (Fsp3) is 0.600. The van der Waals surface area contributed by atoms with Crippen molar-refractivity contribution in [1.29, 1.82) is 5.41 Å². The predicted molar refractivity (Wildman–Crippen MR) is 70.8 cm³/mol. The molecule has 0 aromatic rings. The average molecular weight is 325 g/mol. The second-order valence-corrected chi connectivity index (χ2v) is 4.28. The molecule has 0 aromatic carbocycles. The number of aliphatic carboxylic acids is 1. The number of guanidine groups is 1. The summed E-state index contributed by atoms with van der Waals surface area (Å²) in [5, 5.41) is 15.7. The van der Waals surface area contributed by atoms with E-state index in [1.54, 1.807) is 0 Å². The number of rotatable bonds is 3. The standard InChI is InChI=1S/C5H10N3O5P.2Na.3H2O.2H/c6-5-7(3-4(9)10)1-2-8(5)14(11,12)13;;;;;;;/h6H,1-3H2,(H,9,10)(H2,11,12,13);;;3*1H2;;. The molecule has 0 aliphatic carbocycles. The summed E-state index contributed by atoms with van der Waals surface area (Å²) >= 11 is 0. The van der Waals surface area contributed by atoms with Gasteiger partial charge in [0, 0.05) is 13.1 Å². The van der Waals surface area contributed by atoms with Crippen LogP contribution in [0.2, 0.25) is 0 Å². The number of carbonyl (C=O) groups is 1. The normalized spacial score (nSPS) is 13.1. The van der Waals surface area contributed by atoms with Crippen molar-refractivity contribution in [2.75, 3.05) is 19.6 Å². The van der Waals surface area contributed by atoms with Crippen molar-refractivity contribution in [2.24, 2.45) is 0 Å². The molecule has 0 amide bonds. The van der Waals surface area contributed by atoms with Gasteiger partial charge in [0.1, 0.15) is 6.54 Å². The monoisotopic (exact) mass is 325 g/mol. The first-order valence-corrected chi connectivity index (χ1v) is 5.27. The van der Waals surface area contributed by atoms with Crippen LogP contribution in [0, 0.1) is 5.41 Å². The Labute approximate surface area is 153 Å². The zero-order chi connectivity index (χ0) is 10.9. The predicted octanol–water partition coefficient (Wildman–Crippen LogP) is -5.06. The Kier molecular flexibility index (Phi) is 21.0. The molecule has 0 saturated carbocycles. The van der Waals surface area contributed by atoms with Gasteiger partial charge in [0.05, 0.1) is 0 Å². The van der Waals surface area contributed by atoms with E-state index in [1.807, 2.05) is 0 Å². The van der Waals surface area contributed by atoms with Crippen LogP contribution in [-0.4, -0.2) is 132 Å². The minimum absolute atomic E-state index is 0. The van der Waals surface area contributed by atoms with E-state index in [0.29, 0.717) is 4.67 Å². The SMILES string of the molecule is N=C1N(CC(=O)O)CCN1P(=O)(O)O.O.O.O.[NaH].[NaH]. The Morgan fingerprint density at radius 1 is 1.21 bits per heavy atom. The van der Waals surface area contributed by atoms with Gasteiger partial charge in [0.2, 0.25) is 5.96 Å². The third-order valence-corrected chi connectivity index (χ3v) is 2.78. The molecule has 14 heteroatoms. The summed E-state index contributed by atoms with van der Waals surface area (Å²) in [4.78, 5) is 28.9. The van der Waals surface area contributed by atoms with Crippen LogP contribution in [-0.2, 0) is 9.36 Å². The topological polar surface area (TPSA) is 220 Å². The summed E-state index contributed by atoms with van der Waals surface area (Å²) in [5.41, 5.74) is 0. The van der Waals surface area contributed by atoms with Gasteiger partial charge < -0.3 is 36.2 Å². The molecule has 1 aliphatic heterocycles. The van der Waals surface area contributed by atoms with Crippen LogP contribution in [0.5, 0.6) is 0 Å². The van der Waals surface area contributed by atoms with Crippen molar-refractivity contribution >= 4 is 78.8 Å². The van der Waals surface area contributed by atoms with E-state index in [4.69, 9.17) is 20.3 Å². The fourth-order valence-corrected chi connectivity index (χ4v) is 1.88. The summed E-state index contributed by atoms with van der Waals surface area (Å²) in [6.45, 7) is -0.317. The van der Waals surface area contributed by atoms with Crippen molar-refractivity contribution in [3.63, 3.8) is 0 Å². The Morgan fingerprint density at radius 2 is 1.63 bits per heavy atom. The van der Waals surface area contributed by atoms with Crippen LogP contribution in [0.15, 0.2) is 0 Å². The summed E-state index contributed by atoms with van der Waals surface area (Å²) in [5.74, 6) is -1.58. The molecule has 1 rings (SSSR count). The molecule has 0 atom stereocenters. The molecule has 1 fully saturated rings. The van der Waals surface area contributed by atoms with Crippen molar-refractivity contribution in [3.05, 3.63) is 0 Å². The second-order valence-electron chi connectivity index (χ2n) is 2.78. The Morgan fingerprint density at radius 3 is 1.89 bits per heavy atom. The molecule has 1 saturated heterocycles. The van der Waals surface area contributed by atoms with Crippen LogP contribution in [0.1, 0.15) is 0 Å². The number of carboxylic acid groups (broad SMARTS) is 1. The molecule has 19 heavy (non-hydrogen) atoms. The maximum absolute atomic E-state index is 10.8. The Bertz CT molecular complexity index is 326. The first kappa shape index (κ1) is 31.9. The van der Waals surface area contributed by atoms with Crippen molar-refractivity contribution < 1.29 is 40.7 Å². The van der Waals surface area contributed by atoms with E-state index in [9.17, 15) is 9.36 Å². The fourth-order valence-electron chi connectivity index (χ4n) is 1.16. The summed E-state index contributed by atoms with van der Waals surface area (Å²) in [6.07, 6.45) is 0. The van der Waals surface area contributed by atoms with Gasteiger partial charge in [-0.1, -0.05) is 0 Å². The molecule has 0 unspecified atom stereocenters.